The summed E-state index contributed by atoms with van der Waals surface area (Å²) in [5.74, 6) is 0.173. The highest BCUT2D eigenvalue weighted by atomic mass is 32.2. The number of benzene rings is 2. The molecular weight excluding hydrogens is 462 g/mol. The molecule has 6 nitrogen and oxygen atoms in total. The van der Waals surface area contributed by atoms with Gasteiger partial charge < -0.3 is 9.47 Å². The minimum atomic E-state index is -4.01. The van der Waals surface area contributed by atoms with E-state index in [2.05, 4.69) is 46.3 Å². The van der Waals surface area contributed by atoms with Gasteiger partial charge >= 0.3 is 0 Å². The zero-order valence-electron chi connectivity index (χ0n) is 21.6. The first kappa shape index (κ1) is 25.7. The van der Waals surface area contributed by atoms with Crippen molar-refractivity contribution < 1.29 is 22.7 Å². The Kier molecular flexibility index (Phi) is 6.79. The van der Waals surface area contributed by atoms with Crippen LogP contribution in [-0.2, 0) is 20.2 Å². The topological polar surface area (TPSA) is 81.7 Å². The van der Waals surface area contributed by atoms with E-state index in [9.17, 15) is 13.2 Å². The largest absolute Gasteiger partial charge is 0.487 e. The Balaban J connectivity index is 1.59. The summed E-state index contributed by atoms with van der Waals surface area (Å²) in [4.78, 5) is 13.1. The molecule has 0 unspecified atom stereocenters. The first-order chi connectivity index (χ1) is 16.3. The first-order valence-corrected chi connectivity index (χ1v) is 14.0. The van der Waals surface area contributed by atoms with E-state index < -0.39 is 15.9 Å². The van der Waals surface area contributed by atoms with Crippen molar-refractivity contribution in [2.75, 3.05) is 0 Å². The second kappa shape index (κ2) is 9.25. The van der Waals surface area contributed by atoms with Crippen molar-refractivity contribution in [3.8, 4) is 5.75 Å². The summed E-state index contributed by atoms with van der Waals surface area (Å²) in [5.41, 5.74) is 1.61. The van der Waals surface area contributed by atoms with Crippen LogP contribution in [0.5, 0.6) is 5.75 Å². The zero-order valence-corrected chi connectivity index (χ0v) is 22.4. The lowest BCUT2D eigenvalue weighted by molar-refractivity contribution is -0.151. The summed E-state index contributed by atoms with van der Waals surface area (Å²) in [7, 11) is -4.01. The maximum atomic E-state index is 13.0. The molecule has 2 aromatic rings. The second-order valence-corrected chi connectivity index (χ2v) is 13.0. The van der Waals surface area contributed by atoms with E-state index in [-0.39, 0.29) is 39.6 Å². The van der Waals surface area contributed by atoms with Crippen molar-refractivity contribution in [3.63, 3.8) is 0 Å². The van der Waals surface area contributed by atoms with E-state index in [1.165, 1.54) is 12.1 Å². The fourth-order valence-corrected chi connectivity index (χ4v) is 6.14. The van der Waals surface area contributed by atoms with Gasteiger partial charge in [-0.15, -0.1) is 0 Å². The molecule has 0 aromatic heterocycles. The van der Waals surface area contributed by atoms with E-state index >= 15 is 0 Å². The summed E-state index contributed by atoms with van der Waals surface area (Å²) in [5, 5.41) is 0. The van der Waals surface area contributed by atoms with Crippen LogP contribution in [0.3, 0.4) is 0 Å². The molecule has 0 saturated carbocycles. The summed E-state index contributed by atoms with van der Waals surface area (Å²) < 4.78 is 40.9. The van der Waals surface area contributed by atoms with E-state index in [1.807, 2.05) is 0 Å². The Labute approximate surface area is 209 Å². The van der Waals surface area contributed by atoms with Crippen LogP contribution >= 0.6 is 0 Å². The van der Waals surface area contributed by atoms with E-state index in [1.54, 1.807) is 30.3 Å². The highest BCUT2D eigenvalue weighted by Crippen LogP contribution is 2.51. The highest BCUT2D eigenvalue weighted by Gasteiger charge is 2.47. The number of amides is 1. The smallest absolute Gasteiger partial charge is 0.265 e. The molecule has 2 aliphatic rings. The summed E-state index contributed by atoms with van der Waals surface area (Å²) in [6.45, 7) is 12.5. The van der Waals surface area contributed by atoms with Crippen LogP contribution < -0.4 is 9.46 Å². The Morgan fingerprint density at radius 3 is 2.40 bits per heavy atom. The molecule has 0 spiro atoms. The molecule has 0 radical (unpaired) electrons. The highest BCUT2D eigenvalue weighted by molar-refractivity contribution is 7.90. The van der Waals surface area contributed by atoms with Gasteiger partial charge in [-0.05, 0) is 74.4 Å². The SMILES string of the molecule is CCC[C@@H]1CC[C@@H]2[C@@H](O1)c1cc(C(=O)NS(=O)(=O)c3ccc(C(C)(C)C)cc3)ccc1OC2(C)C. The third-order valence-corrected chi connectivity index (χ3v) is 8.56. The van der Waals surface area contributed by atoms with Gasteiger partial charge in [-0.3, -0.25) is 4.79 Å². The molecule has 1 saturated heterocycles. The molecule has 1 fully saturated rings. The Bertz CT molecular complexity index is 1190. The Hall–Kier alpha value is -2.38. The molecule has 2 aromatic carbocycles. The first-order valence-electron chi connectivity index (χ1n) is 12.5. The molecular formula is C28H37NO5S. The maximum Gasteiger partial charge on any atom is 0.265 e. The minimum Gasteiger partial charge on any atom is -0.487 e. The lowest BCUT2D eigenvalue weighted by Gasteiger charge is -2.48. The number of nitrogens with one attached hydrogen (secondary N) is 1. The van der Waals surface area contributed by atoms with Crippen LogP contribution in [0.1, 0.15) is 94.8 Å². The van der Waals surface area contributed by atoms with Crippen LogP contribution in [0.25, 0.3) is 0 Å². The predicted octanol–water partition coefficient (Wildman–Crippen LogP) is 5.91. The van der Waals surface area contributed by atoms with Crippen LogP contribution in [0.2, 0.25) is 0 Å². The summed E-state index contributed by atoms with van der Waals surface area (Å²) in [6.07, 6.45) is 4.00. The fraction of sp³-hybridized carbons (Fsp3) is 0.536. The molecule has 4 rings (SSSR count). The van der Waals surface area contributed by atoms with Gasteiger partial charge in [0.25, 0.3) is 15.9 Å². The van der Waals surface area contributed by atoms with Crippen molar-refractivity contribution in [1.29, 1.82) is 0 Å². The second-order valence-electron chi connectivity index (χ2n) is 11.3. The number of carbonyl (C=O) groups excluding carboxylic acids is 1. The fourth-order valence-electron chi connectivity index (χ4n) is 5.16. The summed E-state index contributed by atoms with van der Waals surface area (Å²) in [6, 6.07) is 11.7. The molecule has 35 heavy (non-hydrogen) atoms. The third kappa shape index (κ3) is 5.26. The number of rotatable bonds is 5. The Morgan fingerprint density at radius 2 is 1.77 bits per heavy atom. The van der Waals surface area contributed by atoms with Crippen molar-refractivity contribution in [2.24, 2.45) is 5.92 Å². The Morgan fingerprint density at radius 1 is 1.09 bits per heavy atom. The van der Waals surface area contributed by atoms with Gasteiger partial charge in [-0.25, -0.2) is 13.1 Å². The number of hydrogen-bond donors (Lipinski definition) is 1. The van der Waals surface area contributed by atoms with Crippen molar-refractivity contribution in [3.05, 3.63) is 59.2 Å². The predicted molar refractivity (Wildman–Crippen MR) is 136 cm³/mol. The lowest BCUT2D eigenvalue weighted by Crippen LogP contribution is -2.48. The van der Waals surface area contributed by atoms with Crippen LogP contribution in [0.15, 0.2) is 47.4 Å². The van der Waals surface area contributed by atoms with E-state index in [0.717, 1.165) is 36.8 Å². The standard InChI is InChI=1S/C28H37NO5S/c1-7-8-20-12-15-23-25(33-20)22-17-18(9-16-24(22)34-28(23,5)6)26(30)29-35(31,32)21-13-10-19(11-14-21)27(2,3)4/h9-11,13-14,16-17,20,23,25H,7-8,12,15H2,1-6H3,(H,29,30)/t20-,23-,25+/m1/s1. The van der Waals surface area contributed by atoms with Crippen LogP contribution in [-0.4, -0.2) is 26.0 Å². The van der Waals surface area contributed by atoms with Crippen molar-refractivity contribution >= 4 is 15.9 Å². The normalized spacial score (nSPS) is 23.5. The molecule has 7 heteroatoms. The van der Waals surface area contributed by atoms with E-state index in [4.69, 9.17) is 9.47 Å². The summed E-state index contributed by atoms with van der Waals surface area (Å²) >= 11 is 0. The van der Waals surface area contributed by atoms with Gasteiger partial charge in [0.15, 0.2) is 0 Å². The molecule has 2 heterocycles. The van der Waals surface area contributed by atoms with Gasteiger partial charge in [-0.1, -0.05) is 46.2 Å². The van der Waals surface area contributed by atoms with Gasteiger partial charge in [0.2, 0.25) is 0 Å². The minimum absolute atomic E-state index is 0.0555. The maximum absolute atomic E-state index is 13.0. The number of fused-ring (bicyclic) bond motifs is 3. The molecule has 3 atom stereocenters. The zero-order chi connectivity index (χ0) is 25.6. The molecule has 1 amide bonds. The lowest BCUT2D eigenvalue weighted by atomic mass is 9.74. The van der Waals surface area contributed by atoms with Crippen molar-refractivity contribution in [1.82, 2.24) is 4.72 Å². The molecule has 2 aliphatic heterocycles. The number of sulfonamides is 1. The molecule has 190 valence electrons. The van der Waals surface area contributed by atoms with Gasteiger partial charge in [0.1, 0.15) is 11.4 Å². The van der Waals surface area contributed by atoms with E-state index in [0.29, 0.717) is 5.75 Å². The van der Waals surface area contributed by atoms with Crippen molar-refractivity contribution in [2.45, 2.75) is 95.3 Å². The average molecular weight is 500 g/mol. The number of hydrogen-bond acceptors (Lipinski definition) is 5. The molecule has 0 bridgehead atoms. The third-order valence-electron chi connectivity index (χ3n) is 7.22. The van der Waals surface area contributed by atoms with Crippen LogP contribution in [0.4, 0.5) is 0 Å². The van der Waals surface area contributed by atoms with Gasteiger partial charge in [0, 0.05) is 17.0 Å². The van der Waals surface area contributed by atoms with Crippen LogP contribution in [0, 0.1) is 5.92 Å². The molecule has 0 aliphatic carbocycles. The van der Waals surface area contributed by atoms with Gasteiger partial charge in [-0.2, -0.15) is 0 Å². The number of ether oxygens (including phenoxy) is 2. The average Bonchev–Trinajstić information content (AvgIpc) is 2.78. The quantitative estimate of drug-likeness (QED) is 0.553. The number of carbonyl (C=O) groups is 1. The monoisotopic (exact) mass is 499 g/mol. The molecule has 1 N–H and O–H groups in total. The van der Waals surface area contributed by atoms with Gasteiger partial charge in [0.05, 0.1) is 17.1 Å².